The highest BCUT2D eigenvalue weighted by atomic mass is 32.1. The van der Waals surface area contributed by atoms with Crippen molar-refractivity contribution in [2.24, 2.45) is 0 Å². The lowest BCUT2D eigenvalue weighted by Gasteiger charge is -2.16. The fourth-order valence-electron chi connectivity index (χ4n) is 2.89. The molecule has 1 aromatic carbocycles. The van der Waals surface area contributed by atoms with Crippen molar-refractivity contribution in [1.29, 1.82) is 0 Å². The van der Waals surface area contributed by atoms with Crippen LogP contribution in [0.2, 0.25) is 0 Å². The molecule has 0 radical (unpaired) electrons. The fraction of sp³-hybridized carbons (Fsp3) is 0.200. The maximum atomic E-state index is 12.4. The third-order valence-electron chi connectivity index (χ3n) is 4.21. The number of carbonyl (C=O) groups excluding carboxylic acids is 2. The van der Waals surface area contributed by atoms with Gasteiger partial charge in [-0.25, -0.2) is 4.79 Å². The van der Waals surface area contributed by atoms with Gasteiger partial charge in [-0.1, -0.05) is 18.2 Å². The molecule has 27 heavy (non-hydrogen) atoms. The van der Waals surface area contributed by atoms with Crippen molar-refractivity contribution in [2.45, 2.75) is 19.6 Å². The number of rotatable bonds is 5. The summed E-state index contributed by atoms with van der Waals surface area (Å²) in [6.45, 7) is 2.02. The van der Waals surface area contributed by atoms with Gasteiger partial charge in [-0.15, -0.1) is 22.7 Å². The summed E-state index contributed by atoms with van der Waals surface area (Å²) < 4.78 is 10.9. The Labute approximate surface area is 164 Å². The van der Waals surface area contributed by atoms with Crippen molar-refractivity contribution in [3.8, 4) is 16.2 Å². The monoisotopic (exact) mass is 399 g/mol. The van der Waals surface area contributed by atoms with E-state index < -0.39 is 5.97 Å². The van der Waals surface area contributed by atoms with E-state index in [1.807, 2.05) is 48.7 Å². The van der Waals surface area contributed by atoms with E-state index in [1.165, 1.54) is 11.3 Å². The highest BCUT2D eigenvalue weighted by Gasteiger charge is 2.23. The van der Waals surface area contributed by atoms with Gasteiger partial charge in [0.1, 0.15) is 17.2 Å². The largest absolute Gasteiger partial charge is 0.488 e. The van der Waals surface area contributed by atoms with Gasteiger partial charge in [-0.05, 0) is 36.6 Å². The van der Waals surface area contributed by atoms with Crippen LogP contribution in [0.15, 0.2) is 47.8 Å². The van der Waals surface area contributed by atoms with Crippen LogP contribution in [0.1, 0.15) is 33.1 Å². The van der Waals surface area contributed by atoms with Crippen molar-refractivity contribution < 1.29 is 19.1 Å². The molecule has 4 rings (SSSR count). The number of amides is 1. The highest BCUT2D eigenvalue weighted by Crippen LogP contribution is 2.42. The molecule has 1 N–H and O–H groups in total. The smallest absolute Gasteiger partial charge is 0.348 e. The van der Waals surface area contributed by atoms with E-state index in [0.29, 0.717) is 11.5 Å². The Balaban J connectivity index is 1.38. The Morgan fingerprint density at radius 2 is 2.11 bits per heavy atom. The molecule has 2 aromatic heterocycles. The molecule has 0 aliphatic carbocycles. The van der Waals surface area contributed by atoms with Gasteiger partial charge in [-0.2, -0.15) is 0 Å². The lowest BCUT2D eigenvalue weighted by atomic mass is 10.1. The zero-order chi connectivity index (χ0) is 18.8. The molecular formula is C20H17NO4S2. The maximum Gasteiger partial charge on any atom is 0.348 e. The van der Waals surface area contributed by atoms with E-state index >= 15 is 0 Å². The van der Waals surface area contributed by atoms with Crippen LogP contribution in [-0.4, -0.2) is 18.5 Å². The van der Waals surface area contributed by atoms with Gasteiger partial charge in [0, 0.05) is 20.9 Å². The summed E-state index contributed by atoms with van der Waals surface area (Å²) in [5.74, 6) is -0.00114. The van der Waals surface area contributed by atoms with Crippen molar-refractivity contribution >= 4 is 34.6 Å². The zero-order valence-electron chi connectivity index (χ0n) is 14.6. The van der Waals surface area contributed by atoms with Crippen molar-refractivity contribution in [3.05, 3.63) is 63.2 Å². The van der Waals surface area contributed by atoms with Gasteiger partial charge in [-0.3, -0.25) is 4.79 Å². The Morgan fingerprint density at radius 3 is 2.93 bits per heavy atom. The minimum atomic E-state index is -0.495. The second-order valence-electron chi connectivity index (χ2n) is 6.13. The Bertz CT molecular complexity index is 978. The second kappa shape index (κ2) is 7.54. The minimum absolute atomic E-state index is 0.112. The van der Waals surface area contributed by atoms with Crippen LogP contribution in [0.3, 0.4) is 0 Å². The van der Waals surface area contributed by atoms with Crippen LogP contribution >= 0.6 is 22.7 Å². The number of para-hydroxylation sites is 1. The molecule has 0 unspecified atom stereocenters. The fourth-order valence-corrected chi connectivity index (χ4v) is 4.72. The first-order valence-electron chi connectivity index (χ1n) is 8.46. The molecule has 1 aliphatic heterocycles. The first kappa shape index (κ1) is 17.8. The number of nitrogens with one attached hydrogen (secondary N) is 1. The van der Waals surface area contributed by atoms with Gasteiger partial charge in [0.2, 0.25) is 0 Å². The van der Waals surface area contributed by atoms with E-state index in [9.17, 15) is 9.59 Å². The average Bonchev–Trinajstić information content (AvgIpc) is 3.35. The van der Waals surface area contributed by atoms with Crippen LogP contribution in [0, 0.1) is 0 Å². The van der Waals surface area contributed by atoms with Gasteiger partial charge in [0.25, 0.3) is 5.91 Å². The summed E-state index contributed by atoms with van der Waals surface area (Å²) in [4.78, 5) is 26.9. The summed E-state index contributed by atoms with van der Waals surface area (Å²) in [5, 5.41) is 4.79. The van der Waals surface area contributed by atoms with E-state index in [1.54, 1.807) is 17.4 Å². The number of ether oxygens (including phenoxy) is 2. The SMILES string of the molecule is C[C@H](NC(=O)COC(=O)c1cc2c(s1)-c1ccccc1OC2)c1cccs1. The van der Waals surface area contributed by atoms with Crippen LogP contribution in [-0.2, 0) is 16.1 Å². The van der Waals surface area contributed by atoms with Gasteiger partial charge in [0.15, 0.2) is 6.61 Å². The quantitative estimate of drug-likeness (QED) is 0.646. The number of esters is 1. The van der Waals surface area contributed by atoms with E-state index in [2.05, 4.69) is 5.32 Å². The number of hydrogen-bond acceptors (Lipinski definition) is 6. The number of fused-ring (bicyclic) bond motifs is 3. The van der Waals surface area contributed by atoms with Gasteiger partial charge < -0.3 is 14.8 Å². The predicted molar refractivity (Wildman–Crippen MR) is 105 cm³/mol. The Morgan fingerprint density at radius 1 is 1.26 bits per heavy atom. The molecule has 1 aliphatic rings. The molecule has 1 amide bonds. The molecule has 1 atom stereocenters. The summed E-state index contributed by atoms with van der Waals surface area (Å²) in [5.41, 5.74) is 1.94. The molecule has 0 saturated heterocycles. The van der Waals surface area contributed by atoms with Crippen molar-refractivity contribution in [2.75, 3.05) is 6.61 Å². The first-order valence-corrected chi connectivity index (χ1v) is 10.2. The molecule has 3 heterocycles. The summed E-state index contributed by atoms with van der Waals surface area (Å²) in [7, 11) is 0. The topological polar surface area (TPSA) is 64.6 Å². The summed E-state index contributed by atoms with van der Waals surface area (Å²) in [6.07, 6.45) is 0. The summed E-state index contributed by atoms with van der Waals surface area (Å²) in [6, 6.07) is 13.3. The number of hydrogen-bond donors (Lipinski definition) is 1. The summed E-state index contributed by atoms with van der Waals surface area (Å²) >= 11 is 2.94. The standard InChI is InChI=1S/C20H17NO4S2/c1-12(16-7-4-8-26-16)21-18(22)11-25-20(23)17-9-13-10-24-15-6-3-2-5-14(15)19(13)27-17/h2-9,12H,10-11H2,1H3,(H,21,22)/t12-/m0/s1. The lowest BCUT2D eigenvalue weighted by Crippen LogP contribution is -2.30. The van der Waals surface area contributed by atoms with Crippen molar-refractivity contribution in [3.63, 3.8) is 0 Å². The number of carbonyl (C=O) groups is 2. The first-order chi connectivity index (χ1) is 13.1. The highest BCUT2D eigenvalue weighted by molar-refractivity contribution is 7.17. The Kier molecular flexibility index (Phi) is 4.96. The van der Waals surface area contributed by atoms with Crippen LogP contribution in [0.4, 0.5) is 0 Å². The normalized spacial score (nSPS) is 13.1. The van der Waals surface area contributed by atoms with Gasteiger partial charge in [0.05, 0.1) is 6.04 Å². The number of thiophene rings is 2. The van der Waals surface area contributed by atoms with Crippen LogP contribution in [0.5, 0.6) is 5.75 Å². The molecular weight excluding hydrogens is 382 g/mol. The molecule has 0 spiro atoms. The van der Waals surface area contributed by atoms with E-state index in [-0.39, 0.29) is 18.6 Å². The molecule has 3 aromatic rings. The van der Waals surface area contributed by atoms with Crippen LogP contribution < -0.4 is 10.1 Å². The molecule has 0 fully saturated rings. The van der Waals surface area contributed by atoms with Crippen LogP contribution in [0.25, 0.3) is 10.4 Å². The van der Waals surface area contributed by atoms with Crippen molar-refractivity contribution in [1.82, 2.24) is 5.32 Å². The number of benzene rings is 1. The molecule has 0 saturated carbocycles. The minimum Gasteiger partial charge on any atom is -0.488 e. The molecule has 7 heteroatoms. The maximum absolute atomic E-state index is 12.4. The molecule has 5 nitrogen and oxygen atoms in total. The predicted octanol–water partition coefficient (Wildman–Crippen LogP) is 4.40. The van der Waals surface area contributed by atoms with E-state index in [0.717, 1.165) is 26.6 Å². The van der Waals surface area contributed by atoms with Gasteiger partial charge >= 0.3 is 5.97 Å². The molecule has 0 bridgehead atoms. The zero-order valence-corrected chi connectivity index (χ0v) is 16.2. The Hall–Kier alpha value is -2.64. The second-order valence-corrected chi connectivity index (χ2v) is 8.16. The third-order valence-corrected chi connectivity index (χ3v) is 6.45. The molecule has 138 valence electrons. The van der Waals surface area contributed by atoms with E-state index in [4.69, 9.17) is 9.47 Å². The third kappa shape index (κ3) is 3.74. The average molecular weight is 399 g/mol. The lowest BCUT2D eigenvalue weighted by molar-refractivity contribution is -0.124.